The molecule has 2 amide bonds. The molecule has 2 aliphatic rings. The van der Waals surface area contributed by atoms with E-state index in [1.165, 1.54) is 6.08 Å². The van der Waals surface area contributed by atoms with Gasteiger partial charge in [-0.1, -0.05) is 6.58 Å². The SMILES string of the molecule is C=CC(=O)N1CCCC(C(=O)N2CCCSCC2c2cnn(C)c2)C1. The lowest BCUT2D eigenvalue weighted by atomic mass is 9.95. The number of hydrogen-bond donors (Lipinski definition) is 0. The van der Waals surface area contributed by atoms with Crippen LogP contribution in [0.1, 0.15) is 30.9 Å². The fraction of sp³-hybridized carbons (Fsp3) is 0.611. The summed E-state index contributed by atoms with van der Waals surface area (Å²) in [5.74, 6) is 1.97. The lowest BCUT2D eigenvalue weighted by Crippen LogP contribution is -2.47. The fourth-order valence-corrected chi connectivity index (χ4v) is 4.77. The van der Waals surface area contributed by atoms with Crippen molar-refractivity contribution in [1.82, 2.24) is 19.6 Å². The van der Waals surface area contributed by atoms with Gasteiger partial charge in [0, 0.05) is 44.2 Å². The third-order valence-electron chi connectivity index (χ3n) is 4.99. The first kappa shape index (κ1) is 18.0. The minimum Gasteiger partial charge on any atom is -0.338 e. The second-order valence-corrected chi connectivity index (χ2v) is 7.90. The van der Waals surface area contributed by atoms with E-state index < -0.39 is 0 Å². The molecule has 2 aliphatic heterocycles. The zero-order chi connectivity index (χ0) is 17.8. The van der Waals surface area contributed by atoms with Crippen molar-refractivity contribution in [2.24, 2.45) is 13.0 Å². The Morgan fingerprint density at radius 3 is 2.92 bits per heavy atom. The Kier molecular flexibility index (Phi) is 5.83. The van der Waals surface area contributed by atoms with E-state index in [9.17, 15) is 9.59 Å². The lowest BCUT2D eigenvalue weighted by molar-refractivity contribution is -0.141. The van der Waals surface area contributed by atoms with Crippen LogP contribution in [0, 0.1) is 5.92 Å². The summed E-state index contributed by atoms with van der Waals surface area (Å²) < 4.78 is 1.79. The Morgan fingerprint density at radius 1 is 1.36 bits per heavy atom. The summed E-state index contributed by atoms with van der Waals surface area (Å²) in [5.41, 5.74) is 1.10. The average Bonchev–Trinajstić information content (AvgIpc) is 2.92. The number of amides is 2. The first-order chi connectivity index (χ1) is 12.1. The van der Waals surface area contributed by atoms with E-state index in [2.05, 4.69) is 11.7 Å². The lowest BCUT2D eigenvalue weighted by Gasteiger charge is -2.37. The molecule has 0 aromatic carbocycles. The van der Waals surface area contributed by atoms with Crippen molar-refractivity contribution in [3.05, 3.63) is 30.6 Å². The molecule has 25 heavy (non-hydrogen) atoms. The first-order valence-corrected chi connectivity index (χ1v) is 10.0. The molecule has 0 aliphatic carbocycles. The maximum atomic E-state index is 13.3. The highest BCUT2D eigenvalue weighted by molar-refractivity contribution is 7.99. The molecule has 0 saturated carbocycles. The quantitative estimate of drug-likeness (QED) is 0.770. The molecule has 2 unspecified atom stereocenters. The largest absolute Gasteiger partial charge is 0.338 e. The predicted molar refractivity (Wildman–Crippen MR) is 99.1 cm³/mol. The van der Waals surface area contributed by atoms with Crippen LogP contribution in [0.25, 0.3) is 0 Å². The van der Waals surface area contributed by atoms with Crippen LogP contribution < -0.4 is 0 Å². The van der Waals surface area contributed by atoms with Gasteiger partial charge in [-0.3, -0.25) is 14.3 Å². The topological polar surface area (TPSA) is 58.4 Å². The molecule has 0 spiro atoms. The molecule has 136 valence electrons. The Hall–Kier alpha value is -1.76. The smallest absolute Gasteiger partial charge is 0.245 e. The number of aromatic nitrogens is 2. The number of hydrogen-bond acceptors (Lipinski definition) is 4. The Balaban J connectivity index is 1.77. The van der Waals surface area contributed by atoms with E-state index >= 15 is 0 Å². The molecule has 0 N–H and O–H groups in total. The van der Waals surface area contributed by atoms with Crippen molar-refractivity contribution >= 4 is 23.6 Å². The van der Waals surface area contributed by atoms with Gasteiger partial charge in [0.2, 0.25) is 11.8 Å². The molecular weight excluding hydrogens is 336 g/mol. The van der Waals surface area contributed by atoms with Crippen LogP contribution in [0.2, 0.25) is 0 Å². The summed E-state index contributed by atoms with van der Waals surface area (Å²) in [6, 6.07) is 0.0687. The highest BCUT2D eigenvalue weighted by Crippen LogP contribution is 2.31. The number of thioether (sulfide) groups is 1. The van der Waals surface area contributed by atoms with Gasteiger partial charge in [-0.25, -0.2) is 0 Å². The summed E-state index contributed by atoms with van der Waals surface area (Å²) in [5, 5.41) is 4.28. The highest BCUT2D eigenvalue weighted by atomic mass is 32.2. The van der Waals surface area contributed by atoms with Gasteiger partial charge in [0.25, 0.3) is 0 Å². The van der Waals surface area contributed by atoms with Crippen molar-refractivity contribution in [2.75, 3.05) is 31.1 Å². The molecule has 7 heteroatoms. The van der Waals surface area contributed by atoms with Gasteiger partial charge in [-0.15, -0.1) is 0 Å². The van der Waals surface area contributed by atoms with Crippen molar-refractivity contribution in [3.63, 3.8) is 0 Å². The van der Waals surface area contributed by atoms with Gasteiger partial charge in [0.1, 0.15) is 0 Å². The summed E-state index contributed by atoms with van der Waals surface area (Å²) in [6.07, 6.45) is 7.94. The first-order valence-electron chi connectivity index (χ1n) is 8.88. The molecule has 2 atom stereocenters. The second kappa shape index (κ2) is 8.08. The van der Waals surface area contributed by atoms with Gasteiger partial charge in [0.15, 0.2) is 0 Å². The van der Waals surface area contributed by atoms with Crippen molar-refractivity contribution in [2.45, 2.75) is 25.3 Å². The number of nitrogens with zero attached hydrogens (tertiary/aromatic N) is 4. The standard InChI is InChI=1S/C18H26N4O2S/c1-3-17(23)21-7-4-6-14(12-21)18(24)22-8-5-9-25-13-16(22)15-10-19-20(2)11-15/h3,10-11,14,16H,1,4-9,12-13H2,2H3. The van der Waals surface area contributed by atoms with Crippen LogP contribution >= 0.6 is 11.8 Å². The number of likely N-dealkylation sites (tertiary alicyclic amines) is 1. The molecule has 2 fully saturated rings. The third kappa shape index (κ3) is 4.08. The van der Waals surface area contributed by atoms with E-state index in [0.717, 1.165) is 49.4 Å². The van der Waals surface area contributed by atoms with Gasteiger partial charge < -0.3 is 9.80 Å². The van der Waals surface area contributed by atoms with E-state index in [-0.39, 0.29) is 23.8 Å². The monoisotopic (exact) mass is 362 g/mol. The number of aryl methyl sites for hydroxylation is 1. The van der Waals surface area contributed by atoms with E-state index in [1.54, 1.807) is 9.58 Å². The Bertz CT molecular complexity index is 645. The normalized spacial score (nSPS) is 24.7. The molecule has 1 aromatic rings. The van der Waals surface area contributed by atoms with Gasteiger partial charge in [0.05, 0.1) is 18.2 Å². The Morgan fingerprint density at radius 2 is 2.20 bits per heavy atom. The molecule has 0 radical (unpaired) electrons. The molecule has 6 nitrogen and oxygen atoms in total. The van der Waals surface area contributed by atoms with Crippen LogP contribution in [0.15, 0.2) is 25.0 Å². The third-order valence-corrected chi connectivity index (χ3v) is 6.12. The molecule has 1 aromatic heterocycles. The zero-order valence-corrected chi connectivity index (χ0v) is 15.6. The van der Waals surface area contributed by atoms with Gasteiger partial charge in [-0.2, -0.15) is 16.9 Å². The van der Waals surface area contributed by atoms with Crippen molar-refractivity contribution in [3.8, 4) is 0 Å². The summed E-state index contributed by atoms with van der Waals surface area (Å²) in [7, 11) is 1.90. The molecule has 3 rings (SSSR count). The van der Waals surface area contributed by atoms with Crippen LogP contribution in [-0.2, 0) is 16.6 Å². The second-order valence-electron chi connectivity index (χ2n) is 6.75. The average molecular weight is 362 g/mol. The minimum absolute atomic E-state index is 0.0687. The summed E-state index contributed by atoms with van der Waals surface area (Å²) >= 11 is 1.90. The predicted octanol–water partition coefficient (Wildman–Crippen LogP) is 1.85. The van der Waals surface area contributed by atoms with Crippen molar-refractivity contribution in [1.29, 1.82) is 0 Å². The van der Waals surface area contributed by atoms with E-state index in [1.807, 2.05) is 36.1 Å². The summed E-state index contributed by atoms with van der Waals surface area (Å²) in [4.78, 5) is 29.0. The van der Waals surface area contributed by atoms with E-state index in [4.69, 9.17) is 0 Å². The number of piperidine rings is 1. The maximum Gasteiger partial charge on any atom is 0.245 e. The van der Waals surface area contributed by atoms with Crippen LogP contribution in [0.3, 0.4) is 0 Å². The molecule has 3 heterocycles. The maximum absolute atomic E-state index is 13.3. The number of carbonyl (C=O) groups excluding carboxylic acids is 2. The van der Waals surface area contributed by atoms with Crippen LogP contribution in [0.5, 0.6) is 0 Å². The van der Waals surface area contributed by atoms with Gasteiger partial charge in [-0.05, 0) is 31.1 Å². The number of rotatable bonds is 3. The van der Waals surface area contributed by atoms with Gasteiger partial charge >= 0.3 is 0 Å². The van der Waals surface area contributed by atoms with Crippen LogP contribution in [0.4, 0.5) is 0 Å². The highest BCUT2D eigenvalue weighted by Gasteiger charge is 2.35. The van der Waals surface area contributed by atoms with Crippen molar-refractivity contribution < 1.29 is 9.59 Å². The number of carbonyl (C=O) groups is 2. The molecule has 0 bridgehead atoms. The molecule has 2 saturated heterocycles. The minimum atomic E-state index is -0.111. The van der Waals surface area contributed by atoms with E-state index in [0.29, 0.717) is 6.54 Å². The molecular formula is C18H26N4O2S. The van der Waals surface area contributed by atoms with Crippen LogP contribution in [-0.4, -0.2) is 62.5 Å². The fourth-order valence-electron chi connectivity index (χ4n) is 3.67. The summed E-state index contributed by atoms with van der Waals surface area (Å²) in [6.45, 7) is 5.56. The Labute approximate surface area is 153 Å². The zero-order valence-electron chi connectivity index (χ0n) is 14.8.